The van der Waals surface area contributed by atoms with E-state index in [1.165, 1.54) is 28.6 Å². The van der Waals surface area contributed by atoms with Gasteiger partial charge in [-0.05, 0) is 36.9 Å². The van der Waals surface area contributed by atoms with E-state index in [2.05, 4.69) is 5.32 Å². The standard InChI is InChI=1S/C13H17N3O4S/c17-16(18)11-1-3-12(4-2-11)21(19,20)15-8-6-13(10-15)5-7-14-9-13/h1-4,14H,5-10H2. The average Bonchev–Trinajstić information content (AvgIpc) is 3.10. The second-order valence-electron chi connectivity index (χ2n) is 5.77. The molecule has 7 nitrogen and oxygen atoms in total. The van der Waals surface area contributed by atoms with E-state index in [0.29, 0.717) is 13.1 Å². The van der Waals surface area contributed by atoms with Gasteiger partial charge in [0.15, 0.2) is 0 Å². The van der Waals surface area contributed by atoms with Crippen molar-refractivity contribution >= 4 is 15.7 Å². The van der Waals surface area contributed by atoms with Gasteiger partial charge in [-0.15, -0.1) is 0 Å². The number of benzene rings is 1. The molecule has 1 aromatic rings. The summed E-state index contributed by atoms with van der Waals surface area (Å²) in [5, 5.41) is 13.9. The summed E-state index contributed by atoms with van der Waals surface area (Å²) < 4.78 is 26.7. The summed E-state index contributed by atoms with van der Waals surface area (Å²) in [6.07, 6.45) is 1.87. The molecule has 0 aromatic heterocycles. The molecule has 1 N–H and O–H groups in total. The molecule has 21 heavy (non-hydrogen) atoms. The topological polar surface area (TPSA) is 92.5 Å². The first kappa shape index (κ1) is 14.4. The van der Waals surface area contributed by atoms with Gasteiger partial charge in [-0.25, -0.2) is 8.42 Å². The average molecular weight is 311 g/mol. The Labute approximate surface area is 123 Å². The highest BCUT2D eigenvalue weighted by Crippen LogP contribution is 2.38. The molecule has 2 fully saturated rings. The van der Waals surface area contributed by atoms with E-state index < -0.39 is 14.9 Å². The zero-order valence-corrected chi connectivity index (χ0v) is 12.3. The summed E-state index contributed by atoms with van der Waals surface area (Å²) in [4.78, 5) is 10.2. The van der Waals surface area contributed by atoms with Gasteiger partial charge in [0.1, 0.15) is 0 Å². The zero-order chi connectivity index (χ0) is 15.1. The highest BCUT2D eigenvalue weighted by Gasteiger charge is 2.44. The molecule has 3 rings (SSSR count). The number of non-ortho nitro benzene ring substituents is 1. The summed E-state index contributed by atoms with van der Waals surface area (Å²) >= 11 is 0. The van der Waals surface area contributed by atoms with Gasteiger partial charge in [-0.1, -0.05) is 0 Å². The largest absolute Gasteiger partial charge is 0.316 e. The molecule has 114 valence electrons. The van der Waals surface area contributed by atoms with Crippen LogP contribution in [0.3, 0.4) is 0 Å². The molecular formula is C13H17N3O4S. The fourth-order valence-corrected chi connectivity index (χ4v) is 4.69. The van der Waals surface area contributed by atoms with Crippen molar-refractivity contribution in [2.24, 2.45) is 5.41 Å². The van der Waals surface area contributed by atoms with E-state index >= 15 is 0 Å². The lowest BCUT2D eigenvalue weighted by Gasteiger charge is -2.22. The molecule has 8 heteroatoms. The zero-order valence-electron chi connectivity index (χ0n) is 11.5. The third-order valence-electron chi connectivity index (χ3n) is 4.42. The minimum absolute atomic E-state index is 0.0633. The van der Waals surface area contributed by atoms with Gasteiger partial charge in [-0.2, -0.15) is 4.31 Å². The fraction of sp³-hybridized carbons (Fsp3) is 0.538. The van der Waals surface area contributed by atoms with E-state index in [9.17, 15) is 18.5 Å². The van der Waals surface area contributed by atoms with Crippen LogP contribution >= 0.6 is 0 Å². The summed E-state index contributed by atoms with van der Waals surface area (Å²) in [5.74, 6) is 0. The van der Waals surface area contributed by atoms with Gasteiger partial charge < -0.3 is 5.32 Å². The highest BCUT2D eigenvalue weighted by atomic mass is 32.2. The van der Waals surface area contributed by atoms with Gasteiger partial charge in [-0.3, -0.25) is 10.1 Å². The van der Waals surface area contributed by atoms with Crippen molar-refractivity contribution in [3.63, 3.8) is 0 Å². The predicted molar refractivity (Wildman–Crippen MR) is 76.4 cm³/mol. The molecule has 2 aliphatic rings. The lowest BCUT2D eigenvalue weighted by molar-refractivity contribution is -0.384. The molecule has 1 aromatic carbocycles. The molecule has 0 amide bonds. The van der Waals surface area contributed by atoms with E-state index in [-0.39, 0.29) is 16.0 Å². The first-order valence-electron chi connectivity index (χ1n) is 6.88. The first-order chi connectivity index (χ1) is 9.93. The number of nitrogens with one attached hydrogen (secondary N) is 1. The molecule has 0 aliphatic carbocycles. The van der Waals surface area contributed by atoms with Crippen LogP contribution in [0.4, 0.5) is 5.69 Å². The Morgan fingerprint density at radius 1 is 1.24 bits per heavy atom. The Morgan fingerprint density at radius 2 is 1.95 bits per heavy atom. The van der Waals surface area contributed by atoms with Crippen LogP contribution in [-0.4, -0.2) is 43.8 Å². The predicted octanol–water partition coefficient (Wildman–Crippen LogP) is 0.969. The molecule has 1 atom stereocenters. The number of hydrogen-bond donors (Lipinski definition) is 1. The van der Waals surface area contributed by atoms with E-state index in [1.807, 2.05) is 0 Å². The number of nitro benzene ring substituents is 1. The molecule has 2 aliphatic heterocycles. The Balaban J connectivity index is 1.82. The van der Waals surface area contributed by atoms with Crippen LogP contribution in [0.1, 0.15) is 12.8 Å². The third kappa shape index (κ3) is 2.54. The van der Waals surface area contributed by atoms with Crippen molar-refractivity contribution in [2.45, 2.75) is 17.7 Å². The maximum Gasteiger partial charge on any atom is 0.269 e. The second kappa shape index (κ2) is 5.04. The van der Waals surface area contributed by atoms with Crippen molar-refractivity contribution in [1.29, 1.82) is 0 Å². The van der Waals surface area contributed by atoms with Crippen molar-refractivity contribution < 1.29 is 13.3 Å². The van der Waals surface area contributed by atoms with Gasteiger partial charge in [0.2, 0.25) is 10.0 Å². The van der Waals surface area contributed by atoms with Crippen molar-refractivity contribution in [3.8, 4) is 0 Å². The molecule has 1 spiro atoms. The van der Waals surface area contributed by atoms with Gasteiger partial charge in [0.25, 0.3) is 5.69 Å². The fourth-order valence-electron chi connectivity index (χ4n) is 3.13. The lowest BCUT2D eigenvalue weighted by Crippen LogP contribution is -2.33. The SMILES string of the molecule is O=[N+]([O-])c1ccc(S(=O)(=O)N2CCC3(CCNC3)C2)cc1. The summed E-state index contributed by atoms with van der Waals surface area (Å²) in [7, 11) is -3.56. The van der Waals surface area contributed by atoms with Crippen LogP contribution in [0.5, 0.6) is 0 Å². The maximum absolute atomic E-state index is 12.6. The number of hydrogen-bond acceptors (Lipinski definition) is 5. The molecule has 1 unspecified atom stereocenters. The minimum atomic E-state index is -3.56. The third-order valence-corrected chi connectivity index (χ3v) is 6.28. The normalized spacial score (nSPS) is 26.5. The van der Waals surface area contributed by atoms with E-state index in [4.69, 9.17) is 0 Å². The monoisotopic (exact) mass is 311 g/mol. The molecule has 0 radical (unpaired) electrons. The van der Waals surface area contributed by atoms with Crippen LogP contribution < -0.4 is 5.32 Å². The van der Waals surface area contributed by atoms with Crippen molar-refractivity contribution in [1.82, 2.24) is 9.62 Å². The summed E-state index contributed by atoms with van der Waals surface area (Å²) in [6, 6.07) is 5.09. The molecule has 2 heterocycles. The van der Waals surface area contributed by atoms with Crippen LogP contribution in [0.15, 0.2) is 29.2 Å². The van der Waals surface area contributed by atoms with Crippen LogP contribution in [0.25, 0.3) is 0 Å². The Bertz CT molecular complexity index is 650. The quantitative estimate of drug-likeness (QED) is 0.663. The van der Waals surface area contributed by atoms with Crippen LogP contribution in [0, 0.1) is 15.5 Å². The molecule has 0 saturated carbocycles. The number of nitrogens with zero attached hydrogens (tertiary/aromatic N) is 2. The van der Waals surface area contributed by atoms with Crippen molar-refractivity contribution in [3.05, 3.63) is 34.4 Å². The summed E-state index contributed by atoms with van der Waals surface area (Å²) in [5.41, 5.74) is -0.0414. The molecule has 0 bridgehead atoms. The molecule has 2 saturated heterocycles. The van der Waals surface area contributed by atoms with Gasteiger partial charge >= 0.3 is 0 Å². The molecular weight excluding hydrogens is 294 g/mol. The van der Waals surface area contributed by atoms with E-state index in [0.717, 1.165) is 25.9 Å². The van der Waals surface area contributed by atoms with Crippen molar-refractivity contribution in [2.75, 3.05) is 26.2 Å². The van der Waals surface area contributed by atoms with Crippen LogP contribution in [-0.2, 0) is 10.0 Å². The Kier molecular flexibility index (Phi) is 3.46. The number of sulfonamides is 1. The lowest BCUT2D eigenvalue weighted by atomic mass is 9.87. The van der Waals surface area contributed by atoms with Crippen LogP contribution in [0.2, 0.25) is 0 Å². The smallest absolute Gasteiger partial charge is 0.269 e. The number of rotatable bonds is 3. The summed E-state index contributed by atoms with van der Waals surface area (Å²) in [6.45, 7) is 2.84. The minimum Gasteiger partial charge on any atom is -0.316 e. The second-order valence-corrected chi connectivity index (χ2v) is 7.70. The Morgan fingerprint density at radius 3 is 2.52 bits per heavy atom. The first-order valence-corrected chi connectivity index (χ1v) is 8.32. The maximum atomic E-state index is 12.6. The highest BCUT2D eigenvalue weighted by molar-refractivity contribution is 7.89. The Hall–Kier alpha value is -1.51. The van der Waals surface area contributed by atoms with Gasteiger partial charge in [0, 0.05) is 31.8 Å². The number of nitro groups is 1. The van der Waals surface area contributed by atoms with E-state index in [1.54, 1.807) is 0 Å². The van der Waals surface area contributed by atoms with Gasteiger partial charge in [0.05, 0.1) is 9.82 Å².